The summed E-state index contributed by atoms with van der Waals surface area (Å²) in [5, 5.41) is 91.6. The van der Waals surface area contributed by atoms with Gasteiger partial charge in [-0.3, -0.25) is 0 Å². The fourth-order valence-electron chi connectivity index (χ4n) is 4.27. The summed E-state index contributed by atoms with van der Waals surface area (Å²) in [5.41, 5.74) is -0.767. The Bertz CT molecular complexity index is 2790. The Morgan fingerprint density at radius 2 is 0.695 bits per heavy atom. The normalized spacial score (nSPS) is 12.1. The van der Waals surface area contributed by atoms with E-state index < -0.39 is 58.8 Å². The summed E-state index contributed by atoms with van der Waals surface area (Å²) in [6, 6.07) is 16.3. The number of nitrogens with zero attached hydrogens (tertiary/aromatic N) is 6. The van der Waals surface area contributed by atoms with Gasteiger partial charge in [0, 0.05) is 41.3 Å². The second kappa shape index (κ2) is 19.5. The summed E-state index contributed by atoms with van der Waals surface area (Å²) in [6.45, 7) is 0. The van der Waals surface area contributed by atoms with Gasteiger partial charge in [0.05, 0.1) is 14.7 Å². The van der Waals surface area contributed by atoms with Gasteiger partial charge in [0.25, 0.3) is 0 Å². The number of hydrogen-bond acceptors (Lipinski definition) is 19. The molecule has 0 unspecified atom stereocenters. The van der Waals surface area contributed by atoms with Crippen LogP contribution >= 0.6 is 0 Å². The topological polar surface area (TPSA) is 354 Å². The van der Waals surface area contributed by atoms with Gasteiger partial charge < -0.3 is 35.7 Å². The molecule has 0 fully saturated rings. The quantitative estimate of drug-likeness (QED) is 0.0563. The van der Waals surface area contributed by atoms with Crippen LogP contribution in [0.25, 0.3) is 0 Å². The van der Waals surface area contributed by atoms with Crippen LogP contribution in [-0.2, 0) is 47.1 Å². The molecule has 314 valence electrons. The minimum absolute atomic E-state index is 0. The molecular formula is C33H33FeN9O13S3. The van der Waals surface area contributed by atoms with Gasteiger partial charge in [-0.25, -0.2) is 39.4 Å². The molecule has 0 amide bonds. The number of aromatic hydroxyl groups is 7. The summed E-state index contributed by atoms with van der Waals surface area (Å²) >= 11 is 0. The molecule has 0 bridgehead atoms. The molecule has 22 nitrogen and oxygen atoms in total. The van der Waals surface area contributed by atoms with Gasteiger partial charge in [-0.15, -0.1) is 30.7 Å². The second-order valence-corrected chi connectivity index (χ2v) is 16.8. The fourth-order valence-corrected chi connectivity index (χ4v) is 6.52. The van der Waals surface area contributed by atoms with Gasteiger partial charge >= 0.3 is 0 Å². The molecule has 59 heavy (non-hydrogen) atoms. The van der Waals surface area contributed by atoms with Crippen molar-refractivity contribution in [1.82, 2.24) is 14.2 Å². The predicted octanol–water partition coefficient (Wildman–Crippen LogP) is 5.28. The van der Waals surface area contributed by atoms with Crippen molar-refractivity contribution in [2.75, 3.05) is 21.1 Å². The smallest absolute Gasteiger partial charge is 0.240 e. The largest absolute Gasteiger partial charge is 0.508 e. The Morgan fingerprint density at radius 3 is 1.03 bits per heavy atom. The van der Waals surface area contributed by atoms with Gasteiger partial charge in [-0.05, 0) is 81.8 Å². The van der Waals surface area contributed by atoms with Crippen molar-refractivity contribution >= 4 is 64.2 Å². The Kier molecular flexibility index (Phi) is 15.5. The van der Waals surface area contributed by atoms with Gasteiger partial charge in [0.15, 0.2) is 11.4 Å². The number of nitrogens with one attached hydrogen (secondary N) is 3. The Balaban J connectivity index is 0.000000347. The average molecular weight is 916 g/mol. The zero-order chi connectivity index (χ0) is 43.0. The predicted molar refractivity (Wildman–Crippen MR) is 205 cm³/mol. The molecule has 26 heteroatoms. The number of benzene rings is 5. The van der Waals surface area contributed by atoms with E-state index in [1.54, 1.807) is 0 Å². The van der Waals surface area contributed by atoms with Crippen molar-refractivity contribution in [2.24, 2.45) is 30.7 Å². The number of sulfonamides is 3. The summed E-state index contributed by atoms with van der Waals surface area (Å²) in [4.78, 5) is -0.523. The molecule has 0 saturated heterocycles. The molecule has 0 aliphatic heterocycles. The van der Waals surface area contributed by atoms with Gasteiger partial charge in [0.2, 0.25) is 30.1 Å². The second-order valence-electron chi connectivity index (χ2n) is 11.1. The van der Waals surface area contributed by atoms with E-state index in [1.165, 1.54) is 75.7 Å². The van der Waals surface area contributed by atoms with Crippen molar-refractivity contribution < 1.29 is 78.1 Å². The Labute approximate surface area is 346 Å². The van der Waals surface area contributed by atoms with E-state index in [9.17, 15) is 55.9 Å². The number of azo groups is 3. The first-order valence-corrected chi connectivity index (χ1v) is 20.3. The first-order valence-electron chi connectivity index (χ1n) is 15.8. The van der Waals surface area contributed by atoms with Crippen molar-refractivity contribution in [1.29, 1.82) is 0 Å². The average Bonchev–Trinajstić information content (AvgIpc) is 3.18. The number of hydrogen-bond donors (Lipinski definition) is 10. The Morgan fingerprint density at radius 1 is 0.390 bits per heavy atom. The van der Waals surface area contributed by atoms with E-state index in [-0.39, 0.29) is 77.4 Å². The maximum atomic E-state index is 11.8. The van der Waals surface area contributed by atoms with Crippen LogP contribution in [0, 0.1) is 0 Å². The fraction of sp³-hybridized carbons (Fsp3) is 0.0909. The van der Waals surface area contributed by atoms with Crippen LogP contribution < -0.4 is 14.2 Å². The van der Waals surface area contributed by atoms with Crippen LogP contribution in [0.5, 0.6) is 40.2 Å². The third-order valence-corrected chi connectivity index (χ3v) is 11.7. The van der Waals surface area contributed by atoms with E-state index >= 15 is 0 Å². The molecule has 0 aromatic heterocycles. The monoisotopic (exact) mass is 915 g/mol. The SMILES string of the molecule is CNS(=O)(=O)c1ccc(N=Nc2ccc(O)c(N=Nc3ccc(S(=O)(=O)NC)cc3O)c2O)c(O)c1.CNS(=O)(=O)c1ccc(N=Nc2ccc(O)cc2O)c(O)c1.[Fe]. The van der Waals surface area contributed by atoms with E-state index in [4.69, 9.17) is 5.11 Å². The van der Waals surface area contributed by atoms with Gasteiger partial charge in [-0.1, -0.05) is 0 Å². The van der Waals surface area contributed by atoms with Crippen LogP contribution in [0.2, 0.25) is 0 Å². The molecule has 5 rings (SSSR count). The van der Waals surface area contributed by atoms with Crippen LogP contribution in [0.4, 0.5) is 34.1 Å². The van der Waals surface area contributed by atoms with Crippen molar-refractivity contribution in [3.63, 3.8) is 0 Å². The minimum atomic E-state index is -3.80. The van der Waals surface area contributed by atoms with Crippen LogP contribution in [-0.4, -0.2) is 82.1 Å². The van der Waals surface area contributed by atoms with E-state index in [1.807, 2.05) is 0 Å². The molecule has 10 N–H and O–H groups in total. The standard InChI is InChI=1S/C20H20N6O8S2.C13H13N3O5S.Fe/c1-21-35(31,32)11-3-5-13(17(28)9-11)23-25-15-7-8-16(27)19(20(15)30)26-24-14-6-4-12(10-18(14)29)36(33,34)22-2;1-14-22(20,21)9-3-5-11(13(19)7-9)16-15-10-4-2-8(17)6-12(10)18;/h3-10,21-22,27-30H,1-2H3;2-7,14,17-19H,1H3;. The summed E-state index contributed by atoms with van der Waals surface area (Å²) < 4.78 is 76.8. The number of rotatable bonds is 12. The maximum absolute atomic E-state index is 11.8. The summed E-state index contributed by atoms with van der Waals surface area (Å²) in [6.07, 6.45) is 0. The zero-order valence-electron chi connectivity index (χ0n) is 30.4. The molecule has 5 aromatic rings. The van der Waals surface area contributed by atoms with Crippen LogP contribution in [0.1, 0.15) is 0 Å². The molecule has 0 atom stereocenters. The summed E-state index contributed by atoms with van der Waals surface area (Å²) in [7, 11) is -7.58. The molecule has 0 saturated carbocycles. The molecule has 5 aromatic carbocycles. The van der Waals surface area contributed by atoms with Gasteiger partial charge in [0.1, 0.15) is 62.9 Å². The molecule has 0 heterocycles. The molecular weight excluding hydrogens is 882 g/mol. The van der Waals surface area contributed by atoms with E-state index in [2.05, 4.69) is 44.9 Å². The zero-order valence-corrected chi connectivity index (χ0v) is 34.0. The number of phenolic OH excluding ortho intramolecular Hbond substituents is 7. The molecule has 0 aliphatic rings. The van der Waals surface area contributed by atoms with E-state index in [0.717, 1.165) is 30.3 Å². The van der Waals surface area contributed by atoms with Crippen LogP contribution in [0.15, 0.2) is 130 Å². The van der Waals surface area contributed by atoms with Crippen molar-refractivity contribution in [3.05, 3.63) is 84.9 Å². The van der Waals surface area contributed by atoms with E-state index in [0.29, 0.717) is 0 Å². The summed E-state index contributed by atoms with van der Waals surface area (Å²) in [5.74, 6) is -2.94. The first kappa shape index (κ1) is 47.1. The molecule has 0 aliphatic carbocycles. The maximum Gasteiger partial charge on any atom is 0.240 e. The van der Waals surface area contributed by atoms with Crippen LogP contribution in [0.3, 0.4) is 0 Å². The van der Waals surface area contributed by atoms with Crippen molar-refractivity contribution in [2.45, 2.75) is 14.7 Å². The minimum Gasteiger partial charge on any atom is -0.508 e. The van der Waals surface area contributed by atoms with Crippen molar-refractivity contribution in [3.8, 4) is 40.2 Å². The first-order chi connectivity index (χ1) is 27.2. The third-order valence-electron chi connectivity index (χ3n) is 7.43. The molecule has 0 radical (unpaired) electrons. The molecule has 0 spiro atoms. The third kappa shape index (κ3) is 11.7. The Hall–Kier alpha value is -6.25. The van der Waals surface area contributed by atoms with Gasteiger partial charge in [-0.2, -0.15) is 0 Å². The number of phenols is 7.